The molecular weight excluding hydrogens is 330 g/mol. The zero-order valence-corrected chi connectivity index (χ0v) is 16.8. The van der Waals surface area contributed by atoms with Gasteiger partial charge in [0.1, 0.15) is 0 Å². The number of amides is 2. The fraction of sp³-hybridized carbons (Fsp3) is 0.900. The Morgan fingerprint density at radius 3 is 2.12 bits per heavy atom. The first-order valence-electron chi connectivity index (χ1n) is 10.2. The van der Waals surface area contributed by atoms with Crippen molar-refractivity contribution in [2.75, 3.05) is 32.7 Å². The molecule has 6 heteroatoms. The summed E-state index contributed by atoms with van der Waals surface area (Å²) in [6.45, 7) is 12.5. The summed E-state index contributed by atoms with van der Waals surface area (Å²) in [6, 6.07) is 0. The Morgan fingerprint density at radius 1 is 1.00 bits per heavy atom. The van der Waals surface area contributed by atoms with Gasteiger partial charge in [0.2, 0.25) is 11.8 Å². The first-order valence-corrected chi connectivity index (χ1v) is 10.2. The fourth-order valence-corrected chi connectivity index (χ4v) is 4.18. The molecule has 0 spiro atoms. The van der Waals surface area contributed by atoms with Crippen molar-refractivity contribution in [3.8, 4) is 0 Å². The first-order chi connectivity index (χ1) is 12.3. The van der Waals surface area contributed by atoms with Crippen LogP contribution in [0.3, 0.4) is 0 Å². The van der Waals surface area contributed by atoms with Crippen LogP contribution in [0.4, 0.5) is 0 Å². The predicted molar refractivity (Wildman–Crippen MR) is 101 cm³/mol. The van der Waals surface area contributed by atoms with E-state index in [1.807, 2.05) is 4.90 Å². The van der Waals surface area contributed by atoms with Crippen LogP contribution in [0.15, 0.2) is 0 Å². The lowest BCUT2D eigenvalue weighted by molar-refractivity contribution is -0.137. The van der Waals surface area contributed by atoms with E-state index in [0.717, 1.165) is 51.9 Å². The standard InChI is InChI=1S/C20H35N3O3/c1-14-11-23(12-15(2)26-14)20(3,4)13-21-18(24)16-7-9-22(10-8-16)19(25)17-5-6-17/h14-17H,5-13H2,1-4H3,(H,21,24). The van der Waals surface area contributed by atoms with E-state index in [0.29, 0.717) is 12.5 Å². The average molecular weight is 366 g/mol. The van der Waals surface area contributed by atoms with Crippen LogP contribution in [-0.2, 0) is 14.3 Å². The number of nitrogens with zero attached hydrogens (tertiary/aromatic N) is 2. The van der Waals surface area contributed by atoms with Gasteiger partial charge >= 0.3 is 0 Å². The smallest absolute Gasteiger partial charge is 0.225 e. The minimum atomic E-state index is -0.0927. The molecule has 26 heavy (non-hydrogen) atoms. The van der Waals surface area contributed by atoms with Gasteiger partial charge in [-0.2, -0.15) is 0 Å². The van der Waals surface area contributed by atoms with E-state index < -0.39 is 0 Å². The van der Waals surface area contributed by atoms with E-state index in [1.54, 1.807) is 0 Å². The van der Waals surface area contributed by atoms with Crippen LogP contribution in [0.25, 0.3) is 0 Å². The Balaban J connectivity index is 1.44. The van der Waals surface area contributed by atoms with Gasteiger partial charge in [-0.3, -0.25) is 14.5 Å². The summed E-state index contributed by atoms with van der Waals surface area (Å²) in [5.74, 6) is 0.766. The van der Waals surface area contributed by atoms with Crippen molar-refractivity contribution in [2.24, 2.45) is 11.8 Å². The molecule has 2 aliphatic heterocycles. The van der Waals surface area contributed by atoms with Crippen LogP contribution >= 0.6 is 0 Å². The third-order valence-corrected chi connectivity index (χ3v) is 6.07. The van der Waals surface area contributed by atoms with Crippen LogP contribution < -0.4 is 5.32 Å². The minimum Gasteiger partial charge on any atom is -0.373 e. The highest BCUT2D eigenvalue weighted by Gasteiger charge is 2.37. The quantitative estimate of drug-likeness (QED) is 0.805. The molecule has 2 amide bonds. The Kier molecular flexibility index (Phi) is 5.92. The van der Waals surface area contributed by atoms with Crippen molar-refractivity contribution in [3.63, 3.8) is 0 Å². The zero-order valence-electron chi connectivity index (χ0n) is 16.8. The zero-order chi connectivity index (χ0) is 18.9. The Morgan fingerprint density at radius 2 is 1.58 bits per heavy atom. The predicted octanol–water partition coefficient (Wildman–Crippen LogP) is 1.64. The monoisotopic (exact) mass is 365 g/mol. The maximum absolute atomic E-state index is 12.6. The topological polar surface area (TPSA) is 61.9 Å². The molecule has 0 aromatic carbocycles. The van der Waals surface area contributed by atoms with Crippen LogP contribution in [0, 0.1) is 11.8 Å². The molecule has 0 bridgehead atoms. The second kappa shape index (κ2) is 7.85. The van der Waals surface area contributed by atoms with Crippen LogP contribution in [-0.4, -0.2) is 72.1 Å². The average Bonchev–Trinajstić information content (AvgIpc) is 3.43. The van der Waals surface area contributed by atoms with Gasteiger partial charge < -0.3 is 15.0 Å². The third kappa shape index (κ3) is 4.77. The highest BCUT2D eigenvalue weighted by atomic mass is 16.5. The van der Waals surface area contributed by atoms with E-state index in [1.165, 1.54) is 0 Å². The molecule has 6 nitrogen and oxygen atoms in total. The van der Waals surface area contributed by atoms with E-state index in [-0.39, 0.29) is 35.5 Å². The second-order valence-corrected chi connectivity index (χ2v) is 9.07. The van der Waals surface area contributed by atoms with Gasteiger partial charge in [-0.15, -0.1) is 0 Å². The number of carbonyl (C=O) groups is 2. The first kappa shape index (κ1) is 19.6. The van der Waals surface area contributed by atoms with Gasteiger partial charge in [-0.25, -0.2) is 0 Å². The lowest BCUT2D eigenvalue weighted by atomic mass is 9.94. The van der Waals surface area contributed by atoms with Gasteiger partial charge in [0.05, 0.1) is 12.2 Å². The molecule has 3 aliphatic rings. The fourth-order valence-electron chi connectivity index (χ4n) is 4.18. The third-order valence-electron chi connectivity index (χ3n) is 6.07. The van der Waals surface area contributed by atoms with E-state index in [2.05, 4.69) is 37.9 Å². The molecule has 2 heterocycles. The Hall–Kier alpha value is -1.14. The summed E-state index contributed by atoms with van der Waals surface area (Å²) < 4.78 is 5.82. The molecular formula is C20H35N3O3. The minimum absolute atomic E-state index is 0.0385. The molecule has 2 atom stereocenters. The molecule has 0 aromatic rings. The summed E-state index contributed by atoms with van der Waals surface area (Å²) in [7, 11) is 0. The highest BCUT2D eigenvalue weighted by molar-refractivity contribution is 5.82. The molecule has 1 saturated carbocycles. The largest absolute Gasteiger partial charge is 0.373 e. The van der Waals surface area contributed by atoms with Gasteiger partial charge in [-0.1, -0.05) is 0 Å². The molecule has 0 radical (unpaired) electrons. The van der Waals surface area contributed by atoms with Gasteiger partial charge in [0.15, 0.2) is 0 Å². The van der Waals surface area contributed by atoms with Crippen LogP contribution in [0.2, 0.25) is 0 Å². The molecule has 148 valence electrons. The van der Waals surface area contributed by atoms with Crippen LogP contribution in [0.1, 0.15) is 53.4 Å². The van der Waals surface area contributed by atoms with Crippen molar-refractivity contribution >= 4 is 11.8 Å². The van der Waals surface area contributed by atoms with Crippen molar-refractivity contribution in [1.82, 2.24) is 15.1 Å². The SMILES string of the molecule is CC1CN(C(C)(C)CNC(=O)C2CCN(C(=O)C3CC3)CC2)CC(C)O1. The van der Waals surface area contributed by atoms with Crippen LogP contribution in [0.5, 0.6) is 0 Å². The number of rotatable bonds is 5. The number of piperidine rings is 1. The lowest BCUT2D eigenvalue weighted by Crippen LogP contribution is -2.59. The number of ether oxygens (including phenoxy) is 1. The summed E-state index contributed by atoms with van der Waals surface area (Å²) in [6.07, 6.45) is 4.12. The van der Waals surface area contributed by atoms with E-state index >= 15 is 0 Å². The number of likely N-dealkylation sites (tertiary alicyclic amines) is 1. The van der Waals surface area contributed by atoms with Gasteiger partial charge in [-0.05, 0) is 53.4 Å². The van der Waals surface area contributed by atoms with Gasteiger partial charge in [0.25, 0.3) is 0 Å². The van der Waals surface area contributed by atoms with Crippen molar-refractivity contribution < 1.29 is 14.3 Å². The normalized spacial score (nSPS) is 28.8. The summed E-state index contributed by atoms with van der Waals surface area (Å²) in [4.78, 5) is 29.1. The molecule has 2 unspecified atom stereocenters. The molecule has 0 aromatic heterocycles. The number of nitrogens with one attached hydrogen (secondary N) is 1. The highest BCUT2D eigenvalue weighted by Crippen LogP contribution is 2.32. The molecule has 1 aliphatic carbocycles. The van der Waals surface area contributed by atoms with Crippen molar-refractivity contribution in [1.29, 1.82) is 0 Å². The van der Waals surface area contributed by atoms with E-state index in [9.17, 15) is 9.59 Å². The number of morpholine rings is 1. The molecule has 1 N–H and O–H groups in total. The van der Waals surface area contributed by atoms with Crippen molar-refractivity contribution in [2.45, 2.75) is 71.1 Å². The number of hydrogen-bond acceptors (Lipinski definition) is 4. The lowest BCUT2D eigenvalue weighted by Gasteiger charge is -2.45. The molecule has 3 rings (SSSR count). The maximum Gasteiger partial charge on any atom is 0.225 e. The Bertz CT molecular complexity index is 514. The van der Waals surface area contributed by atoms with Gasteiger partial charge in [0, 0.05) is 50.1 Å². The summed E-state index contributed by atoms with van der Waals surface area (Å²) in [5, 5.41) is 3.17. The van der Waals surface area contributed by atoms with Crippen molar-refractivity contribution in [3.05, 3.63) is 0 Å². The number of carbonyl (C=O) groups excluding carboxylic acids is 2. The molecule has 2 saturated heterocycles. The van der Waals surface area contributed by atoms with E-state index in [4.69, 9.17) is 4.74 Å². The summed E-state index contributed by atoms with van der Waals surface area (Å²) >= 11 is 0. The summed E-state index contributed by atoms with van der Waals surface area (Å²) in [5.41, 5.74) is -0.0927. The maximum atomic E-state index is 12.6. The number of hydrogen-bond donors (Lipinski definition) is 1. The Labute approximate surface area is 157 Å². The molecule has 3 fully saturated rings. The second-order valence-electron chi connectivity index (χ2n) is 9.07.